The number of methoxy groups -OCH3 is 4. The standard InChI is InChI=1S/C25H41NO7/c1-6-26-12-21(13-30-2)8-7-17(27)24-16-9-14-10-22(16,33-5)23(28,11-15(14)31-3)25(29,20(24)26)19(32-4)18(21)24/h14-20,27-29H,6-13H2,1-5H3/t14-,15-,16+,17?,18+,19-,20-,21?,22?,23+,24?,25?/m0/s1. The number of piperidine rings is 1. The Balaban J connectivity index is 1.70. The zero-order valence-corrected chi connectivity index (χ0v) is 20.6. The van der Waals surface area contributed by atoms with E-state index < -0.39 is 40.5 Å². The molecule has 8 heteroatoms. The predicted octanol–water partition coefficient (Wildman–Crippen LogP) is 0.415. The highest BCUT2D eigenvalue weighted by Crippen LogP contribution is 2.81. The Labute approximate surface area is 196 Å². The molecule has 0 aromatic carbocycles. The monoisotopic (exact) mass is 467 g/mol. The second-order valence-corrected chi connectivity index (χ2v) is 12.0. The molecular weight excluding hydrogens is 426 g/mol. The number of ether oxygens (including phenoxy) is 4. The van der Waals surface area contributed by atoms with Gasteiger partial charge in [-0.15, -0.1) is 0 Å². The molecule has 33 heavy (non-hydrogen) atoms. The second kappa shape index (κ2) is 6.91. The molecule has 0 amide bonds. The van der Waals surface area contributed by atoms with Gasteiger partial charge in [-0.25, -0.2) is 0 Å². The summed E-state index contributed by atoms with van der Waals surface area (Å²) in [5.74, 6) is -0.0235. The average Bonchev–Trinajstić information content (AvgIpc) is 3.25. The summed E-state index contributed by atoms with van der Waals surface area (Å²) in [6, 6.07) is -0.419. The molecule has 12 atom stereocenters. The Morgan fingerprint density at radius 1 is 1.06 bits per heavy atom. The molecule has 6 aliphatic rings. The highest BCUT2D eigenvalue weighted by Gasteiger charge is 2.94. The number of hydrogen-bond donors (Lipinski definition) is 3. The summed E-state index contributed by atoms with van der Waals surface area (Å²) >= 11 is 0. The van der Waals surface area contributed by atoms with E-state index in [1.54, 1.807) is 28.4 Å². The normalized spacial score (nSPS) is 60.9. The van der Waals surface area contributed by atoms with Gasteiger partial charge < -0.3 is 34.3 Å². The first-order valence-corrected chi connectivity index (χ1v) is 12.7. The molecule has 0 aromatic heterocycles. The number of aliphatic hydroxyl groups is 3. The molecule has 7 bridgehead atoms. The number of rotatable bonds is 6. The molecule has 0 radical (unpaired) electrons. The van der Waals surface area contributed by atoms with Gasteiger partial charge in [0, 0.05) is 64.1 Å². The lowest BCUT2D eigenvalue weighted by Gasteiger charge is -2.71. The SMILES string of the molecule is CCN1CC2(COC)CCC(O)C34[C@@H]2[C@H](OC)C(O)([C@@H]13)[C@@]1(O)C[C@H](OC)[C@H]2C[C@@H]4C1(OC)C2. The molecule has 8 nitrogen and oxygen atoms in total. The van der Waals surface area contributed by atoms with Crippen LogP contribution in [-0.4, -0.2) is 110 Å². The van der Waals surface area contributed by atoms with Gasteiger partial charge in [0.15, 0.2) is 0 Å². The lowest BCUT2D eigenvalue weighted by Crippen LogP contribution is -2.86. The van der Waals surface area contributed by atoms with Crippen LogP contribution >= 0.6 is 0 Å². The third-order valence-corrected chi connectivity index (χ3v) is 11.6. The average molecular weight is 468 g/mol. The first kappa shape index (κ1) is 23.1. The smallest absolute Gasteiger partial charge is 0.138 e. The van der Waals surface area contributed by atoms with Crippen LogP contribution in [-0.2, 0) is 18.9 Å². The first-order valence-electron chi connectivity index (χ1n) is 12.7. The molecule has 5 aliphatic carbocycles. The van der Waals surface area contributed by atoms with Gasteiger partial charge in [-0.1, -0.05) is 6.92 Å². The fraction of sp³-hybridized carbons (Fsp3) is 1.00. The van der Waals surface area contributed by atoms with Crippen molar-refractivity contribution in [3.63, 3.8) is 0 Å². The molecule has 3 N–H and O–H groups in total. The molecule has 1 spiro atoms. The van der Waals surface area contributed by atoms with E-state index in [2.05, 4.69) is 11.8 Å². The lowest BCUT2D eigenvalue weighted by atomic mass is 9.41. The van der Waals surface area contributed by atoms with Gasteiger partial charge in [0.2, 0.25) is 0 Å². The molecule has 1 aliphatic heterocycles. The summed E-state index contributed by atoms with van der Waals surface area (Å²) in [7, 11) is 6.75. The van der Waals surface area contributed by atoms with Crippen molar-refractivity contribution in [3.05, 3.63) is 0 Å². The van der Waals surface area contributed by atoms with Crippen LogP contribution in [0.1, 0.15) is 39.0 Å². The van der Waals surface area contributed by atoms with Crippen LogP contribution in [0.15, 0.2) is 0 Å². The Morgan fingerprint density at radius 2 is 1.82 bits per heavy atom. The molecule has 5 saturated carbocycles. The van der Waals surface area contributed by atoms with Crippen LogP contribution in [0.3, 0.4) is 0 Å². The Morgan fingerprint density at radius 3 is 2.42 bits per heavy atom. The maximum atomic E-state index is 13.0. The third-order valence-electron chi connectivity index (χ3n) is 11.6. The van der Waals surface area contributed by atoms with Crippen LogP contribution in [0.25, 0.3) is 0 Å². The topological polar surface area (TPSA) is 101 Å². The molecule has 1 saturated heterocycles. The van der Waals surface area contributed by atoms with Gasteiger partial charge in [-0.05, 0) is 38.1 Å². The van der Waals surface area contributed by atoms with Crippen molar-refractivity contribution in [3.8, 4) is 0 Å². The summed E-state index contributed by atoms with van der Waals surface area (Å²) in [4.78, 5) is 2.32. The molecular formula is C25H41NO7. The summed E-state index contributed by atoms with van der Waals surface area (Å²) in [6.45, 7) is 4.14. The Kier molecular flexibility index (Phi) is 4.84. The maximum absolute atomic E-state index is 13.0. The van der Waals surface area contributed by atoms with Crippen molar-refractivity contribution in [2.24, 2.45) is 28.6 Å². The van der Waals surface area contributed by atoms with E-state index in [0.29, 0.717) is 25.9 Å². The number of likely N-dealkylation sites (tertiary alicyclic amines) is 1. The predicted molar refractivity (Wildman–Crippen MR) is 119 cm³/mol. The minimum absolute atomic E-state index is 0.110. The van der Waals surface area contributed by atoms with E-state index >= 15 is 0 Å². The third kappa shape index (κ3) is 2.09. The Bertz CT molecular complexity index is 829. The van der Waals surface area contributed by atoms with Crippen molar-refractivity contribution in [2.75, 3.05) is 48.1 Å². The van der Waals surface area contributed by atoms with Gasteiger partial charge in [0.25, 0.3) is 0 Å². The number of hydrogen-bond acceptors (Lipinski definition) is 8. The second-order valence-electron chi connectivity index (χ2n) is 12.0. The van der Waals surface area contributed by atoms with Crippen LogP contribution in [0.2, 0.25) is 0 Å². The van der Waals surface area contributed by atoms with Gasteiger partial charge >= 0.3 is 0 Å². The van der Waals surface area contributed by atoms with E-state index in [1.165, 1.54) is 0 Å². The van der Waals surface area contributed by atoms with Crippen molar-refractivity contribution >= 4 is 0 Å². The molecule has 5 unspecified atom stereocenters. The summed E-state index contributed by atoms with van der Waals surface area (Å²) in [5.41, 5.74) is -5.04. The Hall–Kier alpha value is -0.320. The summed E-state index contributed by atoms with van der Waals surface area (Å²) in [6.07, 6.45) is 1.79. The van der Waals surface area contributed by atoms with Crippen LogP contribution < -0.4 is 0 Å². The minimum Gasteiger partial charge on any atom is -0.392 e. The molecule has 0 aromatic rings. The van der Waals surface area contributed by atoms with Gasteiger partial charge in [-0.3, -0.25) is 4.90 Å². The van der Waals surface area contributed by atoms with Gasteiger partial charge in [-0.2, -0.15) is 0 Å². The van der Waals surface area contributed by atoms with Crippen LogP contribution in [0, 0.1) is 28.6 Å². The fourth-order valence-corrected chi connectivity index (χ4v) is 11.0. The fourth-order valence-electron chi connectivity index (χ4n) is 11.0. The van der Waals surface area contributed by atoms with Crippen LogP contribution in [0.5, 0.6) is 0 Å². The van der Waals surface area contributed by atoms with Gasteiger partial charge in [0.1, 0.15) is 16.8 Å². The van der Waals surface area contributed by atoms with Crippen molar-refractivity contribution in [1.82, 2.24) is 4.90 Å². The van der Waals surface area contributed by atoms with Crippen molar-refractivity contribution in [2.45, 2.75) is 80.2 Å². The quantitative estimate of drug-likeness (QED) is 0.517. The summed E-state index contributed by atoms with van der Waals surface area (Å²) in [5, 5.41) is 37.8. The van der Waals surface area contributed by atoms with Crippen molar-refractivity contribution in [1.29, 1.82) is 0 Å². The zero-order valence-electron chi connectivity index (χ0n) is 20.6. The molecule has 188 valence electrons. The molecule has 6 rings (SSSR count). The first-order chi connectivity index (χ1) is 15.7. The molecule has 1 heterocycles. The highest BCUT2D eigenvalue weighted by molar-refractivity contribution is 5.44. The number of fused-ring (bicyclic) bond motifs is 2. The van der Waals surface area contributed by atoms with Crippen molar-refractivity contribution < 1.29 is 34.3 Å². The lowest BCUT2D eigenvalue weighted by molar-refractivity contribution is -0.358. The van der Waals surface area contributed by atoms with E-state index in [-0.39, 0.29) is 29.3 Å². The van der Waals surface area contributed by atoms with E-state index in [4.69, 9.17) is 18.9 Å². The minimum atomic E-state index is -1.61. The largest absolute Gasteiger partial charge is 0.392 e. The highest BCUT2D eigenvalue weighted by atomic mass is 16.5. The van der Waals surface area contributed by atoms with E-state index in [9.17, 15) is 15.3 Å². The van der Waals surface area contributed by atoms with Gasteiger partial charge in [0.05, 0.1) is 31.0 Å². The summed E-state index contributed by atoms with van der Waals surface area (Å²) < 4.78 is 24.3. The number of nitrogens with zero attached hydrogens (tertiary/aromatic N) is 1. The number of likely N-dealkylation sites (N-methyl/N-ethyl adjacent to an activating group) is 1. The van der Waals surface area contributed by atoms with E-state index in [0.717, 1.165) is 25.9 Å². The number of aliphatic hydroxyl groups excluding tert-OH is 1. The van der Waals surface area contributed by atoms with E-state index in [1.807, 2.05) is 0 Å². The molecule has 6 fully saturated rings. The van der Waals surface area contributed by atoms with Crippen LogP contribution in [0.4, 0.5) is 0 Å². The maximum Gasteiger partial charge on any atom is 0.138 e. The zero-order chi connectivity index (χ0) is 23.6.